The van der Waals surface area contributed by atoms with E-state index in [4.69, 9.17) is 15.3 Å². The molecule has 16 heavy (non-hydrogen) atoms. The van der Waals surface area contributed by atoms with Crippen LogP contribution >= 0.6 is 0 Å². The van der Waals surface area contributed by atoms with Crippen molar-refractivity contribution in [2.75, 3.05) is 7.11 Å². The Morgan fingerprint density at radius 3 is 2.56 bits per heavy atom. The minimum absolute atomic E-state index is 0.0165. The van der Waals surface area contributed by atoms with E-state index >= 15 is 0 Å². The lowest BCUT2D eigenvalue weighted by Crippen LogP contribution is -1.90. The van der Waals surface area contributed by atoms with Gasteiger partial charge >= 0.3 is 0 Å². The predicted octanol–water partition coefficient (Wildman–Crippen LogP) is 1.94. The third kappa shape index (κ3) is 2.46. The number of rotatable bonds is 3. The molecule has 0 radical (unpaired) electrons. The summed E-state index contributed by atoms with van der Waals surface area (Å²) in [5.41, 5.74) is 1.05. The van der Waals surface area contributed by atoms with Crippen molar-refractivity contribution in [1.82, 2.24) is 0 Å². The summed E-state index contributed by atoms with van der Waals surface area (Å²) < 4.78 is 5.06. The zero-order chi connectivity index (χ0) is 12.0. The van der Waals surface area contributed by atoms with E-state index in [9.17, 15) is 4.79 Å². The lowest BCUT2D eigenvalue weighted by molar-refractivity contribution is 0.112. The first-order chi connectivity index (χ1) is 7.74. The van der Waals surface area contributed by atoms with E-state index in [2.05, 4.69) is 0 Å². The summed E-state index contributed by atoms with van der Waals surface area (Å²) in [5, 5.41) is 17.2. The summed E-state index contributed by atoms with van der Waals surface area (Å²) in [7, 11) is 1.46. The normalized spacial score (nSPS) is 8.44. The van der Waals surface area contributed by atoms with Crippen molar-refractivity contribution >= 4 is 12.4 Å². The number of benzene rings is 1. The van der Waals surface area contributed by atoms with Crippen LogP contribution in [-0.2, 0) is 0 Å². The fraction of sp³-hybridized carbons (Fsp3) is 0.0833. The molecule has 0 aliphatic carbocycles. The first kappa shape index (κ1) is 11.5. The molecule has 0 aromatic heterocycles. The zero-order valence-corrected chi connectivity index (χ0v) is 8.60. The molecule has 1 aromatic rings. The van der Waals surface area contributed by atoms with E-state index < -0.39 is 0 Å². The van der Waals surface area contributed by atoms with Gasteiger partial charge < -0.3 is 4.74 Å². The predicted molar refractivity (Wildman–Crippen MR) is 57.6 cm³/mol. The number of nitrogens with zero attached hydrogens (tertiary/aromatic N) is 2. The number of ether oxygens (including phenoxy) is 1. The molecule has 0 heterocycles. The largest absolute Gasteiger partial charge is 0.496 e. The van der Waals surface area contributed by atoms with Crippen molar-refractivity contribution < 1.29 is 9.53 Å². The van der Waals surface area contributed by atoms with E-state index in [1.54, 1.807) is 30.3 Å². The Morgan fingerprint density at radius 1 is 1.38 bits per heavy atom. The summed E-state index contributed by atoms with van der Waals surface area (Å²) in [5.74, 6) is 0.451. The van der Waals surface area contributed by atoms with Gasteiger partial charge in [0.25, 0.3) is 0 Å². The first-order valence-corrected chi connectivity index (χ1v) is 4.40. The maximum Gasteiger partial charge on any atom is 0.150 e. The molecule has 0 amide bonds. The Bertz CT molecular complexity index is 503. The summed E-state index contributed by atoms with van der Waals surface area (Å²) in [6.45, 7) is 0. The zero-order valence-electron chi connectivity index (χ0n) is 8.60. The molecule has 4 heteroatoms. The third-order valence-corrected chi connectivity index (χ3v) is 1.93. The molecule has 4 nitrogen and oxygen atoms in total. The van der Waals surface area contributed by atoms with Crippen LogP contribution < -0.4 is 4.74 Å². The van der Waals surface area contributed by atoms with Gasteiger partial charge in [-0.15, -0.1) is 0 Å². The average molecular weight is 212 g/mol. The fourth-order valence-corrected chi connectivity index (χ4v) is 1.17. The SMILES string of the molecule is COc1cc(C=O)ccc1C=C(C#N)C#N. The number of allylic oxidation sites excluding steroid dienone is 1. The summed E-state index contributed by atoms with van der Waals surface area (Å²) in [6.07, 6.45) is 2.11. The maximum absolute atomic E-state index is 10.5. The molecule has 0 atom stereocenters. The number of carbonyl (C=O) groups is 1. The van der Waals surface area contributed by atoms with Crippen LogP contribution in [0.5, 0.6) is 5.75 Å². The van der Waals surface area contributed by atoms with Crippen LogP contribution in [0.4, 0.5) is 0 Å². The number of methoxy groups -OCH3 is 1. The molecule has 0 saturated heterocycles. The standard InChI is InChI=1S/C12H8N2O2/c1-16-12-5-9(8-15)2-3-11(12)4-10(6-13)7-14/h2-5,8H,1H3. The van der Waals surface area contributed by atoms with Crippen LogP contribution in [0.25, 0.3) is 6.08 Å². The highest BCUT2D eigenvalue weighted by Gasteiger charge is 2.03. The van der Waals surface area contributed by atoms with Crippen LogP contribution in [0.2, 0.25) is 0 Å². The van der Waals surface area contributed by atoms with Gasteiger partial charge in [-0.05, 0) is 12.1 Å². The molecule has 0 spiro atoms. The van der Waals surface area contributed by atoms with Crippen molar-refractivity contribution in [3.63, 3.8) is 0 Å². The van der Waals surface area contributed by atoms with Gasteiger partial charge in [-0.3, -0.25) is 4.79 Å². The number of hydrogen-bond acceptors (Lipinski definition) is 4. The topological polar surface area (TPSA) is 73.9 Å². The van der Waals surface area contributed by atoms with Gasteiger partial charge in [0.15, 0.2) is 0 Å². The number of aldehydes is 1. The van der Waals surface area contributed by atoms with Gasteiger partial charge in [-0.1, -0.05) is 12.1 Å². The summed E-state index contributed by atoms with van der Waals surface area (Å²) in [6, 6.07) is 8.27. The Kier molecular flexibility index (Phi) is 3.83. The molecule has 1 aromatic carbocycles. The fourth-order valence-electron chi connectivity index (χ4n) is 1.17. The Balaban J connectivity index is 3.26. The van der Waals surface area contributed by atoms with Crippen molar-refractivity contribution in [2.45, 2.75) is 0 Å². The lowest BCUT2D eigenvalue weighted by Gasteiger charge is -2.04. The minimum Gasteiger partial charge on any atom is -0.496 e. The van der Waals surface area contributed by atoms with Crippen molar-refractivity contribution in [3.05, 3.63) is 34.9 Å². The molecule has 0 saturated carbocycles. The highest BCUT2D eigenvalue weighted by atomic mass is 16.5. The number of carbonyl (C=O) groups excluding carboxylic acids is 1. The van der Waals surface area contributed by atoms with E-state index in [1.807, 2.05) is 0 Å². The number of hydrogen-bond donors (Lipinski definition) is 0. The third-order valence-electron chi connectivity index (χ3n) is 1.93. The van der Waals surface area contributed by atoms with Gasteiger partial charge in [0.2, 0.25) is 0 Å². The van der Waals surface area contributed by atoms with Crippen LogP contribution in [0, 0.1) is 22.7 Å². The van der Waals surface area contributed by atoms with Crippen LogP contribution in [-0.4, -0.2) is 13.4 Å². The smallest absolute Gasteiger partial charge is 0.150 e. The highest BCUT2D eigenvalue weighted by Crippen LogP contribution is 2.22. The van der Waals surface area contributed by atoms with Gasteiger partial charge in [0.1, 0.15) is 29.7 Å². The van der Waals surface area contributed by atoms with Gasteiger partial charge in [0.05, 0.1) is 7.11 Å². The van der Waals surface area contributed by atoms with E-state index in [-0.39, 0.29) is 5.57 Å². The van der Waals surface area contributed by atoms with Gasteiger partial charge in [0, 0.05) is 11.1 Å². The molecule has 1 rings (SSSR count). The van der Waals surface area contributed by atoms with Crippen molar-refractivity contribution in [1.29, 1.82) is 10.5 Å². The van der Waals surface area contributed by atoms with E-state index in [1.165, 1.54) is 13.2 Å². The molecule has 0 N–H and O–H groups in total. The maximum atomic E-state index is 10.5. The molecular formula is C12H8N2O2. The number of nitriles is 2. The molecule has 78 valence electrons. The summed E-state index contributed by atoms with van der Waals surface area (Å²) >= 11 is 0. The lowest BCUT2D eigenvalue weighted by atomic mass is 10.1. The molecular weight excluding hydrogens is 204 g/mol. The van der Waals surface area contributed by atoms with Crippen LogP contribution in [0.3, 0.4) is 0 Å². The van der Waals surface area contributed by atoms with Gasteiger partial charge in [-0.2, -0.15) is 10.5 Å². The van der Waals surface area contributed by atoms with Crippen LogP contribution in [0.1, 0.15) is 15.9 Å². The van der Waals surface area contributed by atoms with Crippen molar-refractivity contribution in [2.24, 2.45) is 0 Å². The quantitative estimate of drug-likeness (QED) is 0.566. The molecule has 0 aliphatic rings. The second kappa shape index (κ2) is 5.33. The molecule has 0 aliphatic heterocycles. The second-order valence-corrected chi connectivity index (χ2v) is 2.90. The highest BCUT2D eigenvalue weighted by molar-refractivity contribution is 5.78. The molecule has 0 unspecified atom stereocenters. The molecule has 0 bridgehead atoms. The van der Waals surface area contributed by atoms with Gasteiger partial charge in [-0.25, -0.2) is 0 Å². The Labute approximate surface area is 93.0 Å². The minimum atomic E-state index is -0.0165. The monoisotopic (exact) mass is 212 g/mol. The Morgan fingerprint density at radius 2 is 2.06 bits per heavy atom. The van der Waals surface area contributed by atoms with E-state index in [0.29, 0.717) is 23.2 Å². The van der Waals surface area contributed by atoms with Crippen molar-refractivity contribution in [3.8, 4) is 17.9 Å². The summed E-state index contributed by atoms with van der Waals surface area (Å²) in [4.78, 5) is 10.5. The average Bonchev–Trinajstić information content (AvgIpc) is 2.35. The second-order valence-electron chi connectivity index (χ2n) is 2.90. The van der Waals surface area contributed by atoms with E-state index in [0.717, 1.165) is 0 Å². The van der Waals surface area contributed by atoms with Crippen LogP contribution in [0.15, 0.2) is 23.8 Å². The Hall–Kier alpha value is -2.59. The molecule has 0 fully saturated rings. The first-order valence-electron chi connectivity index (χ1n) is 4.40.